The smallest absolute Gasteiger partial charge is 0.120 e. The van der Waals surface area contributed by atoms with Crippen LogP contribution < -0.4 is 4.74 Å². The number of aromatic nitrogens is 6. The second kappa shape index (κ2) is 20.3. The number of hydrogen-bond acceptors (Lipinski definition) is 6. The zero-order chi connectivity index (χ0) is 51.8. The van der Waals surface area contributed by atoms with Crippen LogP contribution in [0.3, 0.4) is 0 Å². The van der Waals surface area contributed by atoms with E-state index in [2.05, 4.69) is 207 Å². The molecule has 0 bridgehead atoms. The second-order valence-electron chi connectivity index (χ2n) is 19.8. The highest BCUT2D eigenvalue weighted by Crippen LogP contribution is 2.39. The van der Waals surface area contributed by atoms with Gasteiger partial charge in [-0.05, 0) is 113 Å². The van der Waals surface area contributed by atoms with Gasteiger partial charge in [0, 0.05) is 86.7 Å². The predicted molar refractivity (Wildman–Crippen MR) is 315 cm³/mol. The fourth-order valence-electron chi connectivity index (χ4n) is 11.1. The molecule has 6 aromatic heterocycles. The summed E-state index contributed by atoms with van der Waals surface area (Å²) in [6, 6.07) is 78.1. The van der Waals surface area contributed by atoms with Crippen molar-refractivity contribution in [3.8, 4) is 73.3 Å². The minimum Gasteiger partial charge on any atom is -0.489 e. The van der Waals surface area contributed by atoms with Gasteiger partial charge in [0.25, 0.3) is 0 Å². The Morgan fingerprint density at radius 3 is 1.44 bits per heavy atom. The van der Waals surface area contributed by atoms with Crippen molar-refractivity contribution in [1.29, 1.82) is 0 Å². The topological polar surface area (TPSA) is 79.9 Å². The molecule has 0 N–H and O–H groups in total. The van der Waals surface area contributed by atoms with Crippen LogP contribution in [0.25, 0.3) is 106 Å². The van der Waals surface area contributed by atoms with Gasteiger partial charge in [-0.3, -0.25) is 9.97 Å². The first kappa shape index (κ1) is 46.5. The second-order valence-corrected chi connectivity index (χ2v) is 19.8. The quantitative estimate of drug-likeness (QED) is 0.114. The highest BCUT2D eigenvalue weighted by molar-refractivity contribution is 6.09. The van der Waals surface area contributed by atoms with E-state index in [9.17, 15) is 0 Å². The molecular weight excluding hydrogens is 957 g/mol. The molecule has 0 saturated heterocycles. The van der Waals surface area contributed by atoms with Crippen LogP contribution in [0.2, 0.25) is 0 Å². The molecule has 13 aromatic rings. The van der Waals surface area contributed by atoms with E-state index >= 15 is 0 Å². The van der Waals surface area contributed by atoms with Crippen LogP contribution in [-0.4, -0.2) is 35.2 Å². The number of nitrogens with zero attached hydrogens (tertiary/aromatic N) is 6. The van der Waals surface area contributed by atoms with Gasteiger partial charge in [-0.1, -0.05) is 152 Å². The van der Waals surface area contributed by atoms with Crippen LogP contribution in [0.5, 0.6) is 5.75 Å². The van der Waals surface area contributed by atoms with Crippen LogP contribution in [0.1, 0.15) is 22.4 Å². The Morgan fingerprint density at radius 1 is 0.410 bits per heavy atom. The lowest BCUT2D eigenvalue weighted by Crippen LogP contribution is -2.17. The van der Waals surface area contributed by atoms with Crippen LogP contribution in [0.4, 0.5) is 0 Å². The highest BCUT2D eigenvalue weighted by atomic mass is 16.5. The number of hydrogen-bond donors (Lipinski definition) is 0. The summed E-state index contributed by atoms with van der Waals surface area (Å²) in [6.07, 6.45) is 12.7. The number of pyridine rings is 4. The summed E-state index contributed by atoms with van der Waals surface area (Å²) in [5, 5.41) is 3.25. The lowest BCUT2D eigenvalue weighted by atomic mass is 9.99. The maximum absolute atomic E-state index is 6.75. The van der Waals surface area contributed by atoms with Crippen LogP contribution in [0, 0.1) is 0 Å². The third-order valence-electron chi connectivity index (χ3n) is 14.8. The highest BCUT2D eigenvalue weighted by Gasteiger charge is 2.24. The van der Waals surface area contributed by atoms with Crippen molar-refractivity contribution in [1.82, 2.24) is 29.1 Å². The molecule has 0 spiro atoms. The Bertz CT molecular complexity index is 4250. The van der Waals surface area contributed by atoms with Crippen molar-refractivity contribution in [2.45, 2.75) is 25.7 Å². The van der Waals surface area contributed by atoms with E-state index in [0.29, 0.717) is 13.2 Å². The molecule has 1 atom stereocenters. The fourth-order valence-corrected chi connectivity index (χ4v) is 11.1. The molecule has 0 radical (unpaired) electrons. The van der Waals surface area contributed by atoms with Gasteiger partial charge in [0.15, 0.2) is 0 Å². The molecule has 1 aliphatic rings. The van der Waals surface area contributed by atoms with Gasteiger partial charge in [0.1, 0.15) is 12.4 Å². The molecular formula is C70H50N6O2. The maximum atomic E-state index is 6.75. The zero-order valence-electron chi connectivity index (χ0n) is 42.5. The van der Waals surface area contributed by atoms with E-state index < -0.39 is 0 Å². The van der Waals surface area contributed by atoms with Crippen molar-refractivity contribution in [3.05, 3.63) is 278 Å². The van der Waals surface area contributed by atoms with Crippen LogP contribution >= 0.6 is 0 Å². The molecule has 8 heteroatoms. The molecule has 78 heavy (non-hydrogen) atoms. The summed E-state index contributed by atoms with van der Waals surface area (Å²) in [6.45, 7) is 0.834. The van der Waals surface area contributed by atoms with Crippen LogP contribution in [0.15, 0.2) is 255 Å². The van der Waals surface area contributed by atoms with Gasteiger partial charge < -0.3 is 18.6 Å². The van der Waals surface area contributed by atoms with E-state index in [-0.39, 0.29) is 6.10 Å². The van der Waals surface area contributed by atoms with Crippen molar-refractivity contribution >= 4 is 38.8 Å². The molecule has 7 aromatic carbocycles. The fraction of sp³-hybridized carbons (Fsp3) is 0.0571. The van der Waals surface area contributed by atoms with Gasteiger partial charge >= 0.3 is 0 Å². The summed E-state index contributed by atoms with van der Waals surface area (Å²) in [7, 11) is 0. The summed E-state index contributed by atoms with van der Waals surface area (Å²) in [5.41, 5.74) is 20.1. The van der Waals surface area contributed by atoms with Gasteiger partial charge in [-0.25, -0.2) is 9.97 Å². The molecule has 0 saturated carbocycles. The first-order chi connectivity index (χ1) is 38.6. The van der Waals surface area contributed by atoms with Crippen molar-refractivity contribution < 1.29 is 9.47 Å². The molecule has 0 fully saturated rings. The number of rotatable bonds is 13. The molecule has 8 nitrogen and oxygen atoms in total. The maximum Gasteiger partial charge on any atom is 0.120 e. The van der Waals surface area contributed by atoms with E-state index in [1.54, 1.807) is 0 Å². The minimum absolute atomic E-state index is 0.121. The number of ether oxygens (including phenoxy) is 2. The van der Waals surface area contributed by atoms with Crippen molar-refractivity contribution in [2.75, 3.05) is 0 Å². The standard InChI is InChI=1S/C70H50N6O2/c1-5-15-49(16-6-1)63-35-47(36-64(73-63)50-17-7-2-8-18-50)45-77-57-27-29-67-59(41-57)61-43-71-33-31-69(61)75(67)55-25-13-23-53(39-55)54-24-14-26-56(40-54)76-68-30-28-58(42-60(68)62-44-72-34-32-70(62)76)78-46-48-37-65(51-19-9-3-10-20-51)74-66(38-48)52-21-11-4-12-22-52/h1-41,43-44,58H,42,45-46H2. The van der Waals surface area contributed by atoms with E-state index in [1.165, 1.54) is 5.56 Å². The molecule has 0 amide bonds. The molecule has 1 unspecified atom stereocenters. The monoisotopic (exact) mass is 1010 g/mol. The van der Waals surface area contributed by atoms with Gasteiger partial charge in [-0.2, -0.15) is 0 Å². The Hall–Kier alpha value is -10.0. The van der Waals surface area contributed by atoms with Gasteiger partial charge in [-0.15, -0.1) is 0 Å². The molecule has 372 valence electrons. The third kappa shape index (κ3) is 9.00. The van der Waals surface area contributed by atoms with Crippen molar-refractivity contribution in [3.63, 3.8) is 0 Å². The van der Waals surface area contributed by atoms with E-state index in [0.717, 1.165) is 129 Å². The largest absolute Gasteiger partial charge is 0.489 e. The van der Waals surface area contributed by atoms with Crippen molar-refractivity contribution in [2.24, 2.45) is 0 Å². The summed E-state index contributed by atoms with van der Waals surface area (Å²) < 4.78 is 18.1. The van der Waals surface area contributed by atoms with Gasteiger partial charge in [0.05, 0.1) is 52.0 Å². The summed E-state index contributed by atoms with van der Waals surface area (Å²) in [4.78, 5) is 19.3. The number of fused-ring (bicyclic) bond motifs is 6. The molecule has 0 aliphatic heterocycles. The molecule has 14 rings (SSSR count). The molecule has 6 heterocycles. The average molecular weight is 1010 g/mol. The first-order valence-electron chi connectivity index (χ1n) is 26.4. The predicted octanol–water partition coefficient (Wildman–Crippen LogP) is 16.4. The normalized spacial score (nSPS) is 13.1. The van der Waals surface area contributed by atoms with Crippen LogP contribution in [-0.2, 0) is 24.4 Å². The number of benzene rings is 7. The minimum atomic E-state index is -0.121. The van der Waals surface area contributed by atoms with E-state index in [1.807, 2.05) is 73.3 Å². The van der Waals surface area contributed by atoms with Gasteiger partial charge in [0.2, 0.25) is 0 Å². The summed E-state index contributed by atoms with van der Waals surface area (Å²) >= 11 is 0. The SMILES string of the molecule is C1=CC(OCc2cc(-c3ccccc3)nc(-c3ccccc3)c2)Cc2c1n(-c1cccc(-c3cccc(-n4c5ccncc5c5cc(OCc6cc(-c7ccccc7)nc(-c7ccccc7)c6)ccc54)c3)c1)c1ccncc21. The Labute approximate surface area is 451 Å². The Kier molecular flexibility index (Phi) is 12.1. The zero-order valence-corrected chi connectivity index (χ0v) is 42.5. The Morgan fingerprint density at radius 2 is 0.885 bits per heavy atom. The summed E-state index contributed by atoms with van der Waals surface area (Å²) in [5.74, 6) is 0.781. The Balaban J connectivity index is 0.745. The molecule has 1 aliphatic carbocycles. The first-order valence-corrected chi connectivity index (χ1v) is 26.4. The lowest BCUT2D eigenvalue weighted by molar-refractivity contribution is 0.0722. The third-order valence-corrected chi connectivity index (χ3v) is 14.8. The lowest BCUT2D eigenvalue weighted by Gasteiger charge is -2.20. The van der Waals surface area contributed by atoms with E-state index in [4.69, 9.17) is 19.4 Å². The average Bonchev–Trinajstić information content (AvgIpc) is 4.18.